The van der Waals surface area contributed by atoms with Gasteiger partial charge in [-0.15, -0.1) is 0 Å². The lowest BCUT2D eigenvalue weighted by molar-refractivity contribution is -0.119. The largest absolute Gasteiger partial charge is 0.392 e. The minimum atomic E-state index is -0.388. The first kappa shape index (κ1) is 14.3. The Morgan fingerprint density at radius 1 is 1.40 bits per heavy atom. The Morgan fingerprint density at radius 3 is 2.75 bits per heavy atom. The predicted molar refractivity (Wildman–Crippen MR) is 77.4 cm³/mol. The molecule has 1 aromatic carbocycles. The van der Waals surface area contributed by atoms with Gasteiger partial charge in [-0.3, -0.25) is 9.48 Å². The number of carbonyl (C=O) groups excluding carboxylic acids is 1. The van der Waals surface area contributed by atoms with Crippen LogP contribution >= 0.6 is 0 Å². The highest BCUT2D eigenvalue weighted by atomic mass is 16.3. The molecule has 0 aliphatic carbocycles. The van der Waals surface area contributed by atoms with E-state index < -0.39 is 0 Å². The molecule has 1 unspecified atom stereocenters. The Hall–Kier alpha value is -2.14. The van der Waals surface area contributed by atoms with Crippen LogP contribution in [0.25, 0.3) is 0 Å². The highest BCUT2D eigenvalue weighted by Crippen LogP contribution is 2.15. The first-order valence-electron chi connectivity index (χ1n) is 6.54. The van der Waals surface area contributed by atoms with Gasteiger partial charge in [-0.05, 0) is 44.5 Å². The fourth-order valence-corrected chi connectivity index (χ4v) is 2.14. The molecule has 106 valence electrons. The minimum Gasteiger partial charge on any atom is -0.392 e. The van der Waals surface area contributed by atoms with Crippen molar-refractivity contribution >= 4 is 11.6 Å². The fraction of sp³-hybridized carbons (Fsp3) is 0.333. The Labute approximate surface area is 118 Å². The van der Waals surface area contributed by atoms with Crippen LogP contribution in [0.1, 0.15) is 29.9 Å². The number of rotatable bonds is 4. The second-order valence-corrected chi connectivity index (χ2v) is 4.90. The molecule has 0 aliphatic heterocycles. The maximum Gasteiger partial charge on any atom is 0.248 e. The second-order valence-electron chi connectivity index (χ2n) is 4.90. The van der Waals surface area contributed by atoms with Gasteiger partial charge in [0.25, 0.3) is 0 Å². The SMILES string of the molecule is Cc1cc(C)n(C(C)C(=O)Nc2cccc(CO)c2)n1. The maximum absolute atomic E-state index is 12.2. The van der Waals surface area contributed by atoms with Gasteiger partial charge >= 0.3 is 0 Å². The summed E-state index contributed by atoms with van der Waals surface area (Å²) in [6, 6.07) is 8.71. The molecule has 0 aliphatic rings. The van der Waals surface area contributed by atoms with E-state index in [1.165, 1.54) is 0 Å². The van der Waals surface area contributed by atoms with E-state index in [-0.39, 0.29) is 18.6 Å². The molecular formula is C15H19N3O2. The Kier molecular flexibility index (Phi) is 4.20. The van der Waals surface area contributed by atoms with Crippen LogP contribution in [-0.4, -0.2) is 20.8 Å². The normalized spacial score (nSPS) is 12.2. The number of aryl methyl sites for hydroxylation is 2. The quantitative estimate of drug-likeness (QED) is 0.897. The predicted octanol–water partition coefficient (Wildman–Crippen LogP) is 2.19. The summed E-state index contributed by atoms with van der Waals surface area (Å²) < 4.78 is 1.71. The number of aliphatic hydroxyl groups excluding tert-OH is 1. The van der Waals surface area contributed by atoms with Crippen LogP contribution < -0.4 is 5.32 Å². The number of amides is 1. The van der Waals surface area contributed by atoms with E-state index in [1.807, 2.05) is 26.8 Å². The number of hydrogen-bond donors (Lipinski definition) is 2. The molecule has 0 spiro atoms. The summed E-state index contributed by atoms with van der Waals surface area (Å²) in [5.41, 5.74) is 3.29. The molecule has 20 heavy (non-hydrogen) atoms. The van der Waals surface area contributed by atoms with Gasteiger partial charge in [0.1, 0.15) is 6.04 Å². The van der Waals surface area contributed by atoms with E-state index in [1.54, 1.807) is 28.9 Å². The number of anilines is 1. The van der Waals surface area contributed by atoms with E-state index in [0.29, 0.717) is 5.69 Å². The van der Waals surface area contributed by atoms with Crippen LogP contribution in [0.5, 0.6) is 0 Å². The molecule has 1 atom stereocenters. The number of aliphatic hydroxyl groups is 1. The summed E-state index contributed by atoms with van der Waals surface area (Å²) >= 11 is 0. The number of benzene rings is 1. The zero-order valence-corrected chi connectivity index (χ0v) is 11.9. The van der Waals surface area contributed by atoms with Gasteiger partial charge in [0, 0.05) is 11.4 Å². The first-order chi connectivity index (χ1) is 9.51. The van der Waals surface area contributed by atoms with E-state index in [2.05, 4.69) is 10.4 Å². The van der Waals surface area contributed by atoms with E-state index in [4.69, 9.17) is 5.11 Å². The second kappa shape index (κ2) is 5.88. The van der Waals surface area contributed by atoms with Crippen LogP contribution in [0.2, 0.25) is 0 Å². The van der Waals surface area contributed by atoms with E-state index in [0.717, 1.165) is 17.0 Å². The first-order valence-corrected chi connectivity index (χ1v) is 6.54. The van der Waals surface area contributed by atoms with Crippen LogP contribution in [0, 0.1) is 13.8 Å². The van der Waals surface area contributed by atoms with Gasteiger partial charge in [-0.25, -0.2) is 0 Å². The van der Waals surface area contributed by atoms with Crippen molar-refractivity contribution in [2.24, 2.45) is 0 Å². The lowest BCUT2D eigenvalue weighted by Crippen LogP contribution is -2.25. The van der Waals surface area contributed by atoms with Crippen molar-refractivity contribution in [2.75, 3.05) is 5.32 Å². The molecule has 2 aromatic rings. The lowest BCUT2D eigenvalue weighted by Gasteiger charge is -2.14. The van der Waals surface area contributed by atoms with E-state index >= 15 is 0 Å². The summed E-state index contributed by atoms with van der Waals surface area (Å²) in [6.07, 6.45) is 0. The molecule has 0 saturated heterocycles. The highest BCUT2D eigenvalue weighted by Gasteiger charge is 2.17. The standard InChI is InChI=1S/C15H19N3O2/c1-10-7-11(2)18(17-10)12(3)15(20)16-14-6-4-5-13(8-14)9-19/h4-8,12,19H,9H2,1-3H3,(H,16,20). The molecule has 1 heterocycles. The number of nitrogens with zero attached hydrogens (tertiary/aromatic N) is 2. The average Bonchev–Trinajstić information content (AvgIpc) is 2.77. The molecule has 1 aromatic heterocycles. The topological polar surface area (TPSA) is 67.2 Å². The lowest BCUT2D eigenvalue weighted by atomic mass is 10.2. The van der Waals surface area contributed by atoms with Crippen molar-refractivity contribution in [3.8, 4) is 0 Å². The third-order valence-electron chi connectivity index (χ3n) is 3.17. The molecular weight excluding hydrogens is 254 g/mol. The average molecular weight is 273 g/mol. The Bertz CT molecular complexity index is 619. The van der Waals surface area contributed by atoms with Crippen molar-refractivity contribution in [1.82, 2.24) is 9.78 Å². The van der Waals surface area contributed by atoms with Crippen LogP contribution in [0.3, 0.4) is 0 Å². The van der Waals surface area contributed by atoms with Crippen molar-refractivity contribution < 1.29 is 9.90 Å². The van der Waals surface area contributed by atoms with Crippen molar-refractivity contribution in [1.29, 1.82) is 0 Å². The third kappa shape index (κ3) is 3.05. The third-order valence-corrected chi connectivity index (χ3v) is 3.17. The summed E-state index contributed by atoms with van der Waals surface area (Å²) in [5, 5.41) is 16.3. The van der Waals surface area contributed by atoms with Gasteiger partial charge in [0.2, 0.25) is 5.91 Å². The summed E-state index contributed by atoms with van der Waals surface area (Å²) in [4.78, 5) is 12.2. The molecule has 2 rings (SSSR count). The van der Waals surface area contributed by atoms with Gasteiger partial charge in [0.05, 0.1) is 12.3 Å². The molecule has 5 nitrogen and oxygen atoms in total. The van der Waals surface area contributed by atoms with Crippen LogP contribution in [-0.2, 0) is 11.4 Å². The number of carbonyl (C=O) groups is 1. The number of hydrogen-bond acceptors (Lipinski definition) is 3. The van der Waals surface area contributed by atoms with Gasteiger partial charge in [-0.2, -0.15) is 5.10 Å². The minimum absolute atomic E-state index is 0.0449. The highest BCUT2D eigenvalue weighted by molar-refractivity contribution is 5.93. The number of aromatic nitrogens is 2. The molecule has 0 saturated carbocycles. The van der Waals surface area contributed by atoms with Crippen molar-refractivity contribution in [3.63, 3.8) is 0 Å². The van der Waals surface area contributed by atoms with Gasteiger partial charge in [0.15, 0.2) is 0 Å². The monoisotopic (exact) mass is 273 g/mol. The Balaban J connectivity index is 2.13. The molecule has 0 fully saturated rings. The molecule has 5 heteroatoms. The summed E-state index contributed by atoms with van der Waals surface area (Å²) in [7, 11) is 0. The maximum atomic E-state index is 12.2. The zero-order chi connectivity index (χ0) is 14.7. The molecule has 0 bridgehead atoms. The zero-order valence-electron chi connectivity index (χ0n) is 11.9. The molecule has 2 N–H and O–H groups in total. The summed E-state index contributed by atoms with van der Waals surface area (Å²) in [5.74, 6) is -0.133. The van der Waals surface area contributed by atoms with Crippen LogP contribution in [0.4, 0.5) is 5.69 Å². The molecule has 1 amide bonds. The van der Waals surface area contributed by atoms with Crippen molar-refractivity contribution in [2.45, 2.75) is 33.4 Å². The number of nitrogens with one attached hydrogen (secondary N) is 1. The Morgan fingerprint density at radius 2 is 2.15 bits per heavy atom. The summed E-state index contributed by atoms with van der Waals surface area (Å²) in [6.45, 7) is 5.59. The van der Waals surface area contributed by atoms with Crippen LogP contribution in [0.15, 0.2) is 30.3 Å². The van der Waals surface area contributed by atoms with E-state index in [9.17, 15) is 4.79 Å². The van der Waals surface area contributed by atoms with Gasteiger partial charge in [-0.1, -0.05) is 12.1 Å². The smallest absolute Gasteiger partial charge is 0.248 e. The van der Waals surface area contributed by atoms with Crippen molar-refractivity contribution in [3.05, 3.63) is 47.3 Å². The fourth-order valence-electron chi connectivity index (χ4n) is 2.14. The molecule has 0 radical (unpaired) electrons. The van der Waals surface area contributed by atoms with Gasteiger partial charge < -0.3 is 10.4 Å².